The van der Waals surface area contributed by atoms with Crippen LogP contribution < -0.4 is 9.47 Å². The number of rotatable bonds is 7. The zero-order chi connectivity index (χ0) is 20.1. The summed E-state index contributed by atoms with van der Waals surface area (Å²) in [6.07, 6.45) is 1.76. The average molecular weight is 414 g/mol. The van der Waals surface area contributed by atoms with Crippen molar-refractivity contribution in [2.45, 2.75) is 4.90 Å². The van der Waals surface area contributed by atoms with Crippen LogP contribution in [0, 0.1) is 0 Å². The van der Waals surface area contributed by atoms with Gasteiger partial charge in [0.15, 0.2) is 0 Å². The highest BCUT2D eigenvalue weighted by atomic mass is 32.2. The Bertz CT molecular complexity index is 1060. The second kappa shape index (κ2) is 8.77. The lowest BCUT2D eigenvalue weighted by Gasteiger charge is -2.26. The van der Waals surface area contributed by atoms with Crippen LogP contribution in [0.4, 0.5) is 0 Å². The SMILES string of the molecule is O=S(=O)(c1ccc(OCCOc2ccc3ncccc3c2)cc1)N1CCOCC1. The first-order valence-corrected chi connectivity index (χ1v) is 10.9. The van der Waals surface area contributed by atoms with Gasteiger partial charge in [-0.2, -0.15) is 4.31 Å². The van der Waals surface area contributed by atoms with E-state index in [1.807, 2.05) is 30.3 Å². The molecule has 1 fully saturated rings. The summed E-state index contributed by atoms with van der Waals surface area (Å²) in [4.78, 5) is 4.54. The van der Waals surface area contributed by atoms with Crippen molar-refractivity contribution in [3.63, 3.8) is 0 Å². The van der Waals surface area contributed by atoms with Gasteiger partial charge in [-0.25, -0.2) is 8.42 Å². The average Bonchev–Trinajstić information content (AvgIpc) is 2.77. The molecule has 1 aliphatic heterocycles. The van der Waals surface area contributed by atoms with E-state index in [0.29, 0.717) is 45.3 Å². The van der Waals surface area contributed by atoms with E-state index in [4.69, 9.17) is 14.2 Å². The number of pyridine rings is 1. The number of nitrogens with zero attached hydrogens (tertiary/aromatic N) is 2. The topological polar surface area (TPSA) is 78.0 Å². The summed E-state index contributed by atoms with van der Waals surface area (Å²) in [5.74, 6) is 1.35. The first-order valence-electron chi connectivity index (χ1n) is 9.41. The first kappa shape index (κ1) is 19.6. The minimum atomic E-state index is -3.49. The van der Waals surface area contributed by atoms with Crippen LogP contribution in [0.2, 0.25) is 0 Å². The summed E-state index contributed by atoms with van der Waals surface area (Å²) >= 11 is 0. The molecule has 0 bridgehead atoms. The molecule has 152 valence electrons. The molecule has 1 aliphatic rings. The molecule has 0 saturated carbocycles. The quantitative estimate of drug-likeness (QED) is 0.553. The van der Waals surface area contributed by atoms with Crippen LogP contribution in [0.5, 0.6) is 11.5 Å². The number of morpholine rings is 1. The Morgan fingerprint density at radius 1 is 0.931 bits per heavy atom. The third kappa shape index (κ3) is 4.67. The Morgan fingerprint density at radius 2 is 1.62 bits per heavy atom. The monoisotopic (exact) mass is 414 g/mol. The number of hydrogen-bond donors (Lipinski definition) is 0. The fraction of sp³-hybridized carbons (Fsp3) is 0.286. The fourth-order valence-corrected chi connectivity index (χ4v) is 4.51. The lowest BCUT2D eigenvalue weighted by atomic mass is 10.2. The van der Waals surface area contributed by atoms with Gasteiger partial charge in [0, 0.05) is 24.7 Å². The highest BCUT2D eigenvalue weighted by Crippen LogP contribution is 2.21. The highest BCUT2D eigenvalue weighted by molar-refractivity contribution is 7.89. The Balaban J connectivity index is 1.29. The molecule has 2 aromatic carbocycles. The van der Waals surface area contributed by atoms with Crippen LogP contribution in [-0.4, -0.2) is 57.2 Å². The molecule has 8 heteroatoms. The molecule has 1 aromatic heterocycles. The smallest absolute Gasteiger partial charge is 0.243 e. The third-order valence-corrected chi connectivity index (χ3v) is 6.54. The van der Waals surface area contributed by atoms with Gasteiger partial charge in [0.1, 0.15) is 24.7 Å². The van der Waals surface area contributed by atoms with Crippen molar-refractivity contribution >= 4 is 20.9 Å². The molecule has 0 radical (unpaired) electrons. The van der Waals surface area contributed by atoms with Gasteiger partial charge in [-0.05, 0) is 48.5 Å². The summed E-state index contributed by atoms with van der Waals surface area (Å²) in [6, 6.07) is 16.1. The van der Waals surface area contributed by atoms with Gasteiger partial charge < -0.3 is 14.2 Å². The lowest BCUT2D eigenvalue weighted by molar-refractivity contribution is 0.0730. The molecular formula is C21H22N2O5S. The van der Waals surface area contributed by atoms with Crippen molar-refractivity contribution in [2.75, 3.05) is 39.5 Å². The van der Waals surface area contributed by atoms with Gasteiger partial charge in [0.25, 0.3) is 0 Å². The summed E-state index contributed by atoms with van der Waals surface area (Å²) in [5.41, 5.74) is 0.920. The normalized spacial score (nSPS) is 15.3. The summed E-state index contributed by atoms with van der Waals surface area (Å²) < 4.78 is 43.3. The molecule has 0 amide bonds. The molecule has 0 atom stereocenters. The predicted octanol–water partition coefficient (Wildman–Crippen LogP) is 2.71. The number of fused-ring (bicyclic) bond motifs is 1. The highest BCUT2D eigenvalue weighted by Gasteiger charge is 2.26. The molecular weight excluding hydrogens is 392 g/mol. The fourth-order valence-electron chi connectivity index (χ4n) is 3.11. The van der Waals surface area contributed by atoms with Gasteiger partial charge in [-0.1, -0.05) is 6.07 Å². The number of hydrogen-bond acceptors (Lipinski definition) is 6. The molecule has 29 heavy (non-hydrogen) atoms. The van der Waals surface area contributed by atoms with Crippen molar-refractivity contribution in [3.05, 3.63) is 60.8 Å². The zero-order valence-corrected chi connectivity index (χ0v) is 16.7. The van der Waals surface area contributed by atoms with Crippen LogP contribution >= 0.6 is 0 Å². The standard InChI is InChI=1S/C21H22N2O5S/c24-29(25,23-10-12-26-13-11-23)20-6-3-18(4-7-20)27-14-15-28-19-5-8-21-17(16-19)2-1-9-22-21/h1-9,16H,10-15H2. The molecule has 1 saturated heterocycles. The summed E-state index contributed by atoms with van der Waals surface area (Å²) in [7, 11) is -3.49. The number of ether oxygens (including phenoxy) is 3. The van der Waals surface area contributed by atoms with E-state index in [9.17, 15) is 8.42 Å². The maximum atomic E-state index is 12.6. The van der Waals surface area contributed by atoms with Crippen molar-refractivity contribution in [1.82, 2.24) is 9.29 Å². The third-order valence-electron chi connectivity index (χ3n) is 4.63. The number of benzene rings is 2. The second-order valence-electron chi connectivity index (χ2n) is 6.54. The van der Waals surface area contributed by atoms with Crippen LogP contribution in [-0.2, 0) is 14.8 Å². The van der Waals surface area contributed by atoms with Crippen LogP contribution in [0.3, 0.4) is 0 Å². The lowest BCUT2D eigenvalue weighted by Crippen LogP contribution is -2.40. The molecule has 0 unspecified atom stereocenters. The molecule has 0 aliphatic carbocycles. The van der Waals surface area contributed by atoms with Crippen molar-refractivity contribution in [1.29, 1.82) is 0 Å². The van der Waals surface area contributed by atoms with Gasteiger partial charge in [-0.15, -0.1) is 0 Å². The van der Waals surface area contributed by atoms with E-state index in [-0.39, 0.29) is 4.90 Å². The van der Waals surface area contributed by atoms with Gasteiger partial charge in [0.2, 0.25) is 10.0 Å². The van der Waals surface area contributed by atoms with Crippen LogP contribution in [0.25, 0.3) is 10.9 Å². The van der Waals surface area contributed by atoms with Crippen molar-refractivity contribution in [2.24, 2.45) is 0 Å². The molecule has 0 spiro atoms. The molecule has 3 aromatic rings. The Labute approximate surface area is 169 Å². The van der Waals surface area contributed by atoms with E-state index in [1.165, 1.54) is 4.31 Å². The molecule has 7 nitrogen and oxygen atoms in total. The van der Waals surface area contributed by atoms with Crippen LogP contribution in [0.15, 0.2) is 65.7 Å². The summed E-state index contributed by atoms with van der Waals surface area (Å²) in [5, 5.41) is 1.02. The molecule has 2 heterocycles. The van der Waals surface area contributed by atoms with Gasteiger partial charge in [-0.3, -0.25) is 4.98 Å². The number of aromatic nitrogens is 1. The number of sulfonamides is 1. The Morgan fingerprint density at radius 3 is 2.38 bits per heavy atom. The second-order valence-corrected chi connectivity index (χ2v) is 8.48. The summed E-state index contributed by atoms with van der Waals surface area (Å²) in [6.45, 7) is 2.33. The maximum Gasteiger partial charge on any atom is 0.243 e. The van der Waals surface area contributed by atoms with E-state index in [1.54, 1.807) is 30.5 Å². The maximum absolute atomic E-state index is 12.6. The zero-order valence-electron chi connectivity index (χ0n) is 15.9. The van der Waals surface area contributed by atoms with E-state index in [0.717, 1.165) is 16.7 Å². The first-order chi connectivity index (χ1) is 14.1. The largest absolute Gasteiger partial charge is 0.490 e. The van der Waals surface area contributed by atoms with E-state index >= 15 is 0 Å². The molecule has 4 rings (SSSR count). The molecule has 0 N–H and O–H groups in total. The Hall–Kier alpha value is -2.68. The minimum Gasteiger partial charge on any atom is -0.490 e. The van der Waals surface area contributed by atoms with Gasteiger partial charge in [0.05, 0.1) is 23.6 Å². The Kier molecular flexibility index (Phi) is 5.94. The van der Waals surface area contributed by atoms with Crippen LogP contribution in [0.1, 0.15) is 0 Å². The minimum absolute atomic E-state index is 0.257. The predicted molar refractivity (Wildman–Crippen MR) is 109 cm³/mol. The van der Waals surface area contributed by atoms with E-state index in [2.05, 4.69) is 4.98 Å². The van der Waals surface area contributed by atoms with Crippen molar-refractivity contribution in [3.8, 4) is 11.5 Å². The van der Waals surface area contributed by atoms with E-state index < -0.39 is 10.0 Å². The van der Waals surface area contributed by atoms with Crippen molar-refractivity contribution < 1.29 is 22.6 Å². The van der Waals surface area contributed by atoms with Gasteiger partial charge >= 0.3 is 0 Å².